The molecule has 0 unspecified atom stereocenters. The maximum absolute atomic E-state index is 14.5. The van der Waals surface area contributed by atoms with Gasteiger partial charge in [0, 0.05) is 103 Å². The van der Waals surface area contributed by atoms with E-state index in [0.29, 0.717) is 60.4 Å². The third-order valence-corrected chi connectivity index (χ3v) is 13.8. The van der Waals surface area contributed by atoms with Crippen LogP contribution >= 0.6 is 0 Å². The van der Waals surface area contributed by atoms with Gasteiger partial charge in [-0.25, -0.2) is 4.79 Å². The second kappa shape index (κ2) is 37.3. The molecule has 470 valence electrons. The molecular weight excluding hydrogens is 1130 g/mol. The molecule has 5 rings (SSSR count). The first kappa shape index (κ1) is 68.6. The number of aliphatic imine (C=N–C) groups is 1. The highest BCUT2D eigenvalue weighted by molar-refractivity contribution is 5.96. The van der Waals surface area contributed by atoms with Gasteiger partial charge in [0.15, 0.2) is 5.96 Å². The van der Waals surface area contributed by atoms with E-state index in [1.165, 1.54) is 12.1 Å². The van der Waals surface area contributed by atoms with Crippen LogP contribution in [0.4, 0.5) is 10.5 Å². The van der Waals surface area contributed by atoms with E-state index in [9.17, 15) is 63.6 Å². The van der Waals surface area contributed by atoms with Gasteiger partial charge >= 0.3 is 23.9 Å². The van der Waals surface area contributed by atoms with Gasteiger partial charge in [-0.2, -0.15) is 4.99 Å². The summed E-state index contributed by atoms with van der Waals surface area (Å²) >= 11 is 0. The van der Waals surface area contributed by atoms with Gasteiger partial charge in [-0.15, -0.1) is 0 Å². The fraction of sp³-hybridized carbons (Fsp3) is 0.433. The number of anilines is 1. The van der Waals surface area contributed by atoms with Crippen molar-refractivity contribution >= 4 is 65.1 Å². The molecule has 87 heavy (non-hydrogen) atoms. The quantitative estimate of drug-likeness (QED) is 0.0192. The van der Waals surface area contributed by atoms with Crippen molar-refractivity contribution in [2.75, 3.05) is 117 Å². The predicted octanol–water partition coefficient (Wildman–Crippen LogP) is 1.25. The molecule has 27 heteroatoms. The number of carbonyl (C=O) groups excluding carboxylic acids is 6. The Kier molecular flexibility index (Phi) is 29.4. The number of unbranched alkanes of at least 4 members (excludes halogenated alkanes) is 1. The number of carboxylic acid groups (broad SMARTS) is 3. The maximum Gasteiger partial charge on any atom is 0.344 e. The molecule has 1 aliphatic rings. The second-order valence-electron chi connectivity index (χ2n) is 20.6. The highest BCUT2D eigenvalue weighted by Crippen LogP contribution is 2.28. The predicted molar refractivity (Wildman–Crippen MR) is 323 cm³/mol. The number of urea groups is 1. The van der Waals surface area contributed by atoms with Crippen molar-refractivity contribution < 1.29 is 68.3 Å². The number of guanidine groups is 1. The number of hydrogen-bond acceptors (Lipinski definition) is 15. The van der Waals surface area contributed by atoms with E-state index in [4.69, 9.17) is 10.5 Å². The van der Waals surface area contributed by atoms with E-state index in [1.54, 1.807) is 82.3 Å². The zero-order chi connectivity index (χ0) is 62.9. The minimum Gasteiger partial charge on any atom is -0.508 e. The first-order valence-corrected chi connectivity index (χ1v) is 28.8. The molecule has 1 aliphatic heterocycles. The Morgan fingerprint density at radius 2 is 1.14 bits per heavy atom. The van der Waals surface area contributed by atoms with Crippen LogP contribution in [0.1, 0.15) is 72.0 Å². The number of carbonyl (C=O) groups is 9. The number of nitrogens with zero attached hydrogens (tertiary/aromatic N) is 5. The number of ether oxygens (including phenoxy) is 1. The minimum atomic E-state index is -1.05. The molecule has 0 radical (unpaired) electrons. The molecule has 1 saturated heterocycles. The van der Waals surface area contributed by atoms with Crippen molar-refractivity contribution in [3.05, 3.63) is 125 Å². The van der Waals surface area contributed by atoms with Crippen LogP contribution in [0.15, 0.2) is 108 Å². The van der Waals surface area contributed by atoms with Crippen LogP contribution in [0.3, 0.4) is 0 Å². The molecule has 27 nitrogen and oxygen atoms in total. The summed E-state index contributed by atoms with van der Waals surface area (Å²) in [5.41, 5.74) is 8.73. The third-order valence-electron chi connectivity index (χ3n) is 13.8. The summed E-state index contributed by atoms with van der Waals surface area (Å²) < 4.78 is 6.13. The Bertz CT molecular complexity index is 2890. The molecule has 1 heterocycles. The number of phenols is 1. The lowest BCUT2D eigenvalue weighted by Gasteiger charge is -2.32. The number of nitrogens with two attached hydrogens (primary N) is 1. The first-order chi connectivity index (χ1) is 41.8. The lowest BCUT2D eigenvalue weighted by molar-refractivity contribution is -0.140. The number of aromatic hydroxyl groups is 1. The molecule has 0 bridgehead atoms. The monoisotopic (exact) mass is 1210 g/mol. The molecule has 0 saturated carbocycles. The number of amides is 7. The van der Waals surface area contributed by atoms with Gasteiger partial charge in [0.2, 0.25) is 23.6 Å². The van der Waals surface area contributed by atoms with Gasteiger partial charge < -0.3 is 68.1 Å². The molecule has 1 fully saturated rings. The molecule has 0 aliphatic carbocycles. The van der Waals surface area contributed by atoms with Crippen molar-refractivity contribution in [3.8, 4) is 11.5 Å². The van der Waals surface area contributed by atoms with E-state index in [2.05, 4.69) is 42.2 Å². The van der Waals surface area contributed by atoms with Crippen molar-refractivity contribution in [2.45, 2.75) is 57.5 Å². The number of hydrogen-bond donors (Lipinski definition) is 12. The Morgan fingerprint density at radius 1 is 0.575 bits per heavy atom. The molecule has 4 aromatic rings. The summed E-state index contributed by atoms with van der Waals surface area (Å²) in [7, 11) is 0. The zero-order valence-electron chi connectivity index (χ0n) is 48.9. The summed E-state index contributed by atoms with van der Waals surface area (Å²) in [5.74, 6) is -5.37. The largest absolute Gasteiger partial charge is 0.508 e. The van der Waals surface area contributed by atoms with Gasteiger partial charge in [-0.1, -0.05) is 61.5 Å². The number of benzene rings is 4. The summed E-state index contributed by atoms with van der Waals surface area (Å²) in [6.45, 7) is 4.17. The molecule has 2 atom stereocenters. The normalized spacial score (nSPS) is 14.6. The van der Waals surface area contributed by atoms with Crippen molar-refractivity contribution in [3.63, 3.8) is 0 Å². The Labute approximate surface area is 505 Å². The standard InChI is InChI=1S/C60H81N13O14/c1-2-50(75)62-25-26-65-60(86)69-59(61)64-24-9-14-49(57(84)66-37-42-15-21-47(74)22-16-42)68-58(85)55(43-10-4-3-5-11-43)45-12-8-13-48(36-45)87-35-7-6-23-63-56(83)44-17-19-46(20-18-44)67-51(76)38-70-27-29-71(39-52(77)78)31-33-73(41-54(81)82)34-32-72(30-28-70)40-53(79)80/h3-5,8,10-13,15-22,36,49,55,74H,2,6-7,9,14,23-35,37-41H2,1H3,(H,62,75)(H,63,83)(H,66,84)(H,67,76)(H,68,85)(H,77,78)(H,79,80)(H,81,82)(H4,61,64,65,69,86)/t49-,55-/m1/s1. The van der Waals surface area contributed by atoms with Crippen LogP contribution in [0.5, 0.6) is 11.5 Å². The van der Waals surface area contributed by atoms with Crippen LogP contribution in [-0.4, -0.2) is 217 Å². The highest BCUT2D eigenvalue weighted by Gasteiger charge is 2.29. The molecule has 7 amide bonds. The zero-order valence-corrected chi connectivity index (χ0v) is 48.9. The smallest absolute Gasteiger partial charge is 0.344 e. The van der Waals surface area contributed by atoms with Crippen molar-refractivity contribution in [1.82, 2.24) is 51.5 Å². The summed E-state index contributed by atoms with van der Waals surface area (Å²) in [6.07, 6.45) is 1.94. The molecule has 0 aromatic heterocycles. The molecule has 13 N–H and O–H groups in total. The van der Waals surface area contributed by atoms with Crippen molar-refractivity contribution in [2.24, 2.45) is 10.7 Å². The first-order valence-electron chi connectivity index (χ1n) is 28.8. The Morgan fingerprint density at radius 3 is 1.72 bits per heavy atom. The summed E-state index contributed by atoms with van der Waals surface area (Å²) in [5, 5.41) is 57.9. The minimum absolute atomic E-state index is 0.0720. The Hall–Kier alpha value is -9.18. The van der Waals surface area contributed by atoms with E-state index in [-0.39, 0.29) is 147 Å². The van der Waals surface area contributed by atoms with E-state index < -0.39 is 47.7 Å². The molecule has 0 spiro atoms. The average molecular weight is 1210 g/mol. The number of carboxylic acids is 3. The number of aliphatic carboxylic acids is 3. The number of phenolic OH excluding ortho intramolecular Hbond substituents is 1. The Balaban J connectivity index is 1.12. The average Bonchev–Trinajstić information content (AvgIpc) is 3.59. The van der Waals surface area contributed by atoms with Crippen LogP contribution in [0, 0.1) is 0 Å². The van der Waals surface area contributed by atoms with Crippen LogP contribution in [-0.2, 0) is 40.1 Å². The fourth-order valence-corrected chi connectivity index (χ4v) is 9.20. The van der Waals surface area contributed by atoms with Crippen LogP contribution in [0.2, 0.25) is 0 Å². The highest BCUT2D eigenvalue weighted by atomic mass is 16.5. The fourth-order valence-electron chi connectivity index (χ4n) is 9.20. The van der Waals surface area contributed by atoms with Crippen LogP contribution in [0.25, 0.3) is 0 Å². The SMILES string of the molecule is CCC(=O)NCCNC(=O)/N=C(/N)NCCC[C@@H](NC(=O)[C@H](c1ccccc1)c1cccc(OCCCCNC(=O)c2ccc(NC(=O)CN3CCN(CC(=O)O)CCN(CC(=O)O)CCN(CC(=O)O)CC3)cc2)c1)C(=O)NCc1ccc(O)cc1. The molecular formula is C60H81N13O14. The van der Waals surface area contributed by atoms with Gasteiger partial charge in [-0.05, 0) is 90.9 Å². The second-order valence-corrected chi connectivity index (χ2v) is 20.6. The number of rotatable bonds is 31. The van der Waals surface area contributed by atoms with Crippen LogP contribution < -0.4 is 47.7 Å². The topological polar surface area (TPSA) is 379 Å². The van der Waals surface area contributed by atoms with E-state index >= 15 is 0 Å². The van der Waals surface area contributed by atoms with Gasteiger partial charge in [0.25, 0.3) is 5.91 Å². The lowest BCUT2D eigenvalue weighted by atomic mass is 9.90. The summed E-state index contributed by atoms with van der Waals surface area (Å²) in [4.78, 5) is 124. The molecule has 4 aromatic carbocycles. The van der Waals surface area contributed by atoms with Crippen molar-refractivity contribution in [1.29, 1.82) is 0 Å². The van der Waals surface area contributed by atoms with E-state index in [0.717, 1.165) is 5.56 Å². The maximum atomic E-state index is 14.5. The van der Waals surface area contributed by atoms with Gasteiger partial charge in [-0.3, -0.25) is 58.0 Å². The lowest BCUT2D eigenvalue weighted by Crippen LogP contribution is -2.49. The number of nitrogens with one attached hydrogen (secondary N) is 7. The third kappa shape index (κ3) is 26.7. The van der Waals surface area contributed by atoms with Gasteiger partial charge in [0.1, 0.15) is 17.5 Å². The van der Waals surface area contributed by atoms with E-state index in [1.807, 2.05) is 35.2 Å². The van der Waals surface area contributed by atoms with Gasteiger partial charge in [0.05, 0.1) is 38.7 Å². The summed E-state index contributed by atoms with van der Waals surface area (Å²) in [6, 6.07) is 27.2.